The van der Waals surface area contributed by atoms with Gasteiger partial charge in [-0.3, -0.25) is 0 Å². The summed E-state index contributed by atoms with van der Waals surface area (Å²) in [6, 6.07) is 16.2. The van der Waals surface area contributed by atoms with Gasteiger partial charge in [0.1, 0.15) is 11.9 Å². The number of benzene rings is 2. The molecule has 1 unspecified atom stereocenters. The third-order valence-electron chi connectivity index (χ3n) is 6.55. The Kier molecular flexibility index (Phi) is 4.90. The van der Waals surface area contributed by atoms with Crippen molar-refractivity contribution in [2.24, 2.45) is 0 Å². The van der Waals surface area contributed by atoms with Crippen LogP contribution in [0.15, 0.2) is 65.3 Å². The van der Waals surface area contributed by atoms with Crippen LogP contribution in [0.2, 0.25) is 5.02 Å². The first-order chi connectivity index (χ1) is 17.2. The summed E-state index contributed by atoms with van der Waals surface area (Å²) in [5.41, 5.74) is 4.43. The maximum atomic E-state index is 6.65. The number of aromatic amines is 2. The maximum absolute atomic E-state index is 6.65. The second-order valence-electron chi connectivity index (χ2n) is 8.72. The Hall–Kier alpha value is -3.59. The molecule has 9 heteroatoms. The molecule has 35 heavy (non-hydrogen) atoms. The number of rotatable bonds is 5. The lowest BCUT2D eigenvalue weighted by Crippen LogP contribution is -2.32. The minimum absolute atomic E-state index is 0.0369. The molecule has 0 aliphatic carbocycles. The van der Waals surface area contributed by atoms with E-state index in [0.29, 0.717) is 35.8 Å². The summed E-state index contributed by atoms with van der Waals surface area (Å²) >= 11 is 6.65. The Morgan fingerprint density at radius 2 is 1.86 bits per heavy atom. The van der Waals surface area contributed by atoms with Gasteiger partial charge < -0.3 is 28.6 Å². The highest BCUT2D eigenvalue weighted by molar-refractivity contribution is 6.34. The highest BCUT2D eigenvalue weighted by Gasteiger charge is 2.43. The van der Waals surface area contributed by atoms with E-state index in [1.807, 2.05) is 48.5 Å². The first-order valence-electron chi connectivity index (χ1n) is 11.5. The first-order valence-corrected chi connectivity index (χ1v) is 11.9. The van der Waals surface area contributed by atoms with Crippen molar-refractivity contribution < 1.29 is 18.6 Å². The Bertz CT molecular complexity index is 1490. The van der Waals surface area contributed by atoms with Gasteiger partial charge in [0, 0.05) is 30.1 Å². The fourth-order valence-electron chi connectivity index (χ4n) is 4.79. The number of halogens is 1. The van der Waals surface area contributed by atoms with Crippen molar-refractivity contribution in [1.82, 2.24) is 19.9 Å². The first kappa shape index (κ1) is 20.8. The summed E-state index contributed by atoms with van der Waals surface area (Å²) in [5.74, 6) is 2.16. The monoisotopic (exact) mass is 488 g/mol. The van der Waals surface area contributed by atoms with Crippen molar-refractivity contribution in [3.05, 3.63) is 65.9 Å². The zero-order valence-electron chi connectivity index (χ0n) is 18.5. The zero-order valence-corrected chi connectivity index (χ0v) is 19.3. The van der Waals surface area contributed by atoms with Crippen molar-refractivity contribution in [1.29, 1.82) is 0 Å². The molecule has 2 aromatic carbocycles. The number of ether oxygens (including phenoxy) is 3. The molecule has 3 aromatic heterocycles. The molecule has 0 saturated carbocycles. The number of nitrogens with one attached hydrogen (secondary N) is 2. The highest BCUT2D eigenvalue weighted by atomic mass is 35.5. The summed E-state index contributed by atoms with van der Waals surface area (Å²) in [7, 11) is 0. The fourth-order valence-corrected chi connectivity index (χ4v) is 5.07. The van der Waals surface area contributed by atoms with Crippen molar-refractivity contribution in [3.63, 3.8) is 0 Å². The lowest BCUT2D eigenvalue weighted by molar-refractivity contribution is 0.0273. The van der Waals surface area contributed by atoms with Gasteiger partial charge in [0.25, 0.3) is 6.01 Å². The van der Waals surface area contributed by atoms with Crippen LogP contribution in [0.5, 0.6) is 6.01 Å². The molecule has 8 nitrogen and oxygen atoms in total. The predicted octanol–water partition coefficient (Wildman–Crippen LogP) is 5.47. The van der Waals surface area contributed by atoms with Crippen LogP contribution in [-0.2, 0) is 9.47 Å². The third kappa shape index (κ3) is 3.70. The van der Waals surface area contributed by atoms with Gasteiger partial charge in [-0.25, -0.2) is 4.98 Å². The fraction of sp³-hybridized carbons (Fsp3) is 0.231. The van der Waals surface area contributed by atoms with Crippen LogP contribution < -0.4 is 4.74 Å². The summed E-state index contributed by atoms with van der Waals surface area (Å²) in [6.07, 6.45) is 4.29. The minimum atomic E-state index is -0.166. The van der Waals surface area contributed by atoms with Gasteiger partial charge in [-0.1, -0.05) is 35.9 Å². The SMILES string of the molecule is Clc1cc2[nH]c(OC3CO[C@@H]4CCO[C@H]34)nc2cc1-c1ccc(-c2ccc(-c3ncc[nH]3)o2)cc1. The van der Waals surface area contributed by atoms with E-state index in [2.05, 4.69) is 19.9 Å². The largest absolute Gasteiger partial charge is 0.456 e. The zero-order chi connectivity index (χ0) is 23.4. The Labute approximate surface area is 205 Å². The van der Waals surface area contributed by atoms with E-state index in [1.54, 1.807) is 12.4 Å². The third-order valence-corrected chi connectivity index (χ3v) is 6.86. The van der Waals surface area contributed by atoms with E-state index in [1.165, 1.54) is 0 Å². The lowest BCUT2D eigenvalue weighted by Gasteiger charge is -2.15. The highest BCUT2D eigenvalue weighted by Crippen LogP contribution is 2.35. The van der Waals surface area contributed by atoms with E-state index in [0.717, 1.165) is 39.9 Å². The summed E-state index contributed by atoms with van der Waals surface area (Å²) in [6.45, 7) is 1.21. The minimum Gasteiger partial charge on any atom is -0.456 e. The number of hydrogen-bond acceptors (Lipinski definition) is 6. The van der Waals surface area contributed by atoms with Crippen LogP contribution in [0.25, 0.3) is 45.1 Å². The number of imidazole rings is 2. The van der Waals surface area contributed by atoms with Gasteiger partial charge in [-0.15, -0.1) is 0 Å². The number of H-pyrrole nitrogens is 2. The molecule has 3 atom stereocenters. The number of nitrogens with zero attached hydrogens (tertiary/aromatic N) is 2. The molecule has 7 rings (SSSR count). The molecular weight excluding hydrogens is 468 g/mol. The van der Waals surface area contributed by atoms with Crippen LogP contribution in [0, 0.1) is 0 Å². The molecule has 5 aromatic rings. The molecule has 0 bridgehead atoms. The number of aromatic nitrogens is 4. The van der Waals surface area contributed by atoms with Crippen LogP contribution in [0.3, 0.4) is 0 Å². The predicted molar refractivity (Wildman–Crippen MR) is 130 cm³/mol. The normalized spacial score (nSPS) is 21.6. The molecule has 2 N–H and O–H groups in total. The average molecular weight is 489 g/mol. The van der Waals surface area contributed by atoms with Gasteiger partial charge >= 0.3 is 0 Å². The molecule has 176 valence electrons. The van der Waals surface area contributed by atoms with Crippen LogP contribution in [0.4, 0.5) is 0 Å². The lowest BCUT2D eigenvalue weighted by atomic mass is 10.0. The van der Waals surface area contributed by atoms with Crippen LogP contribution in [0.1, 0.15) is 6.42 Å². The molecule has 0 amide bonds. The maximum Gasteiger partial charge on any atom is 0.295 e. The smallest absolute Gasteiger partial charge is 0.295 e. The number of furan rings is 1. The number of fused-ring (bicyclic) bond motifs is 2. The molecule has 0 radical (unpaired) electrons. The van der Waals surface area contributed by atoms with Gasteiger partial charge in [0.15, 0.2) is 17.7 Å². The Balaban J connectivity index is 1.14. The Morgan fingerprint density at radius 3 is 2.71 bits per heavy atom. The van der Waals surface area contributed by atoms with Gasteiger partial charge in [0.2, 0.25) is 0 Å². The quantitative estimate of drug-likeness (QED) is 0.340. The van der Waals surface area contributed by atoms with Crippen LogP contribution >= 0.6 is 11.6 Å². The average Bonchev–Trinajstić information content (AvgIpc) is 3.69. The van der Waals surface area contributed by atoms with Gasteiger partial charge in [-0.05, 0) is 36.2 Å². The van der Waals surface area contributed by atoms with Crippen molar-refractivity contribution in [2.75, 3.05) is 13.2 Å². The molecule has 2 fully saturated rings. The van der Waals surface area contributed by atoms with E-state index in [9.17, 15) is 0 Å². The summed E-state index contributed by atoms with van der Waals surface area (Å²) < 4.78 is 23.6. The van der Waals surface area contributed by atoms with E-state index >= 15 is 0 Å². The summed E-state index contributed by atoms with van der Waals surface area (Å²) in [4.78, 5) is 15.1. The molecule has 0 spiro atoms. The van der Waals surface area contributed by atoms with Crippen molar-refractivity contribution >= 4 is 22.6 Å². The van der Waals surface area contributed by atoms with Crippen molar-refractivity contribution in [3.8, 4) is 40.0 Å². The van der Waals surface area contributed by atoms with E-state index < -0.39 is 0 Å². The van der Waals surface area contributed by atoms with Crippen LogP contribution in [-0.4, -0.2) is 51.5 Å². The van der Waals surface area contributed by atoms with E-state index in [4.69, 9.17) is 30.2 Å². The van der Waals surface area contributed by atoms with Crippen molar-refractivity contribution in [2.45, 2.75) is 24.7 Å². The molecule has 2 aliphatic rings. The number of hydrogen-bond donors (Lipinski definition) is 2. The molecule has 2 aliphatic heterocycles. The standard InChI is InChI=1S/C26H21ClN4O4/c27-17-12-19-18(30-26(31-19)35-23-13-33-21-7-10-32-24(21)23)11-16(17)14-1-3-15(4-2-14)20-5-6-22(34-20)25-28-8-9-29-25/h1-6,8-9,11-12,21,23-24H,7,10,13H2,(H,28,29)(H,30,31)/t21-,23?,24+/m1/s1. The topological polar surface area (TPSA) is 98.2 Å². The van der Waals surface area contributed by atoms with E-state index in [-0.39, 0.29) is 18.3 Å². The van der Waals surface area contributed by atoms with Gasteiger partial charge in [-0.2, -0.15) is 4.98 Å². The Morgan fingerprint density at radius 1 is 1.00 bits per heavy atom. The summed E-state index contributed by atoms with van der Waals surface area (Å²) in [5, 5.41) is 0.627. The molecular formula is C26H21ClN4O4. The van der Waals surface area contributed by atoms with Gasteiger partial charge in [0.05, 0.1) is 28.8 Å². The second kappa shape index (κ2) is 8.27. The second-order valence-corrected chi connectivity index (χ2v) is 9.13. The molecule has 5 heterocycles. The molecule has 2 saturated heterocycles.